The van der Waals surface area contributed by atoms with E-state index in [0.29, 0.717) is 0 Å². The predicted molar refractivity (Wildman–Crippen MR) is 134 cm³/mol. The van der Waals surface area contributed by atoms with E-state index in [2.05, 4.69) is 119 Å². The zero-order chi connectivity index (χ0) is 22.2. The number of fused-ring (bicyclic) bond motifs is 2. The van der Waals surface area contributed by atoms with Crippen LogP contribution in [-0.4, -0.2) is 6.22 Å². The summed E-state index contributed by atoms with van der Waals surface area (Å²) in [6.45, 7) is 8.59. The Morgan fingerprint density at radius 1 is 0.636 bits per heavy atom. The van der Waals surface area contributed by atoms with E-state index in [0.717, 1.165) is 0 Å². The molecular formula is C29H29Cl2HfSi-2. The van der Waals surface area contributed by atoms with Crippen LogP contribution in [0.5, 0.6) is 0 Å². The monoisotopic (exact) mass is 655 g/mol. The van der Waals surface area contributed by atoms with E-state index in [1.54, 1.807) is 0 Å². The van der Waals surface area contributed by atoms with Crippen LogP contribution in [0.4, 0.5) is 0 Å². The third kappa shape index (κ3) is 8.68. The quantitative estimate of drug-likeness (QED) is 0.201. The number of rotatable bonds is 2. The second-order valence-corrected chi connectivity index (χ2v) is 12.6. The Morgan fingerprint density at radius 2 is 1.09 bits per heavy atom. The summed E-state index contributed by atoms with van der Waals surface area (Å²) in [7, 11) is 0. The first kappa shape index (κ1) is 29.6. The average molecular weight is 655 g/mol. The second kappa shape index (κ2) is 14.7. The molecule has 33 heavy (non-hydrogen) atoms. The molecule has 0 nitrogen and oxygen atoms in total. The third-order valence-corrected chi connectivity index (χ3v) is 7.85. The molecule has 0 saturated carbocycles. The maximum absolute atomic E-state index is 2.24. The predicted octanol–water partition coefficient (Wildman–Crippen LogP) is 1.71. The standard InChI is InChI=1S/2C11H11.C7H7Si.2ClH.Hf/c2*1-8-6-10-5-3-4-9(2)11(10)7-8;8-6-7-4-2-1-3-5-7;;;/h2*3-7H,1-2H3;1-5H,6H2;2*1H;/q2*-1;;;;+2/p-2. The number of aryl methyl sites for hydroxylation is 4. The zero-order valence-electron chi connectivity index (χ0n) is 19.6. The summed E-state index contributed by atoms with van der Waals surface area (Å²) in [6.07, 6.45) is 1.17. The van der Waals surface area contributed by atoms with Crippen LogP contribution in [0.1, 0.15) is 27.8 Å². The molecule has 0 aromatic heterocycles. The molecule has 169 valence electrons. The summed E-state index contributed by atoms with van der Waals surface area (Å²) in [5, 5.41) is 5.51. The normalized spacial score (nSPS) is 9.64. The van der Waals surface area contributed by atoms with Crippen molar-refractivity contribution in [3.05, 3.63) is 119 Å². The number of hydrogen-bond donors (Lipinski definition) is 0. The molecule has 0 N–H and O–H groups in total. The Labute approximate surface area is 226 Å². The summed E-state index contributed by atoms with van der Waals surface area (Å²) < 4.78 is 0. The Kier molecular flexibility index (Phi) is 13.2. The first-order chi connectivity index (χ1) is 15.0. The van der Waals surface area contributed by atoms with Gasteiger partial charge in [0, 0.05) is 0 Å². The Hall–Kier alpha value is -1.45. The average Bonchev–Trinajstić information content (AvgIpc) is 3.33. The van der Waals surface area contributed by atoms with E-state index < -0.39 is 0 Å². The van der Waals surface area contributed by atoms with Gasteiger partial charge in [-0.15, -0.1) is 69.1 Å². The number of halogens is 2. The molecule has 0 unspecified atom stereocenters. The third-order valence-electron chi connectivity index (χ3n) is 5.36. The van der Waals surface area contributed by atoms with Gasteiger partial charge in [0.05, 0.1) is 0 Å². The molecule has 0 aliphatic carbocycles. The second-order valence-electron chi connectivity index (χ2n) is 8.06. The molecule has 0 aliphatic rings. The van der Waals surface area contributed by atoms with Crippen molar-refractivity contribution in [2.45, 2.75) is 33.7 Å². The van der Waals surface area contributed by atoms with Crippen LogP contribution >= 0.6 is 0 Å². The van der Waals surface area contributed by atoms with E-state index in [-0.39, 0.29) is 24.8 Å². The summed E-state index contributed by atoms with van der Waals surface area (Å²) in [6, 6.07) is 33.8. The molecule has 5 rings (SSSR count). The Morgan fingerprint density at radius 3 is 1.48 bits per heavy atom. The van der Waals surface area contributed by atoms with Crippen LogP contribution in [0.2, 0.25) is 0 Å². The van der Waals surface area contributed by atoms with Gasteiger partial charge in [-0.2, -0.15) is 12.1 Å². The van der Waals surface area contributed by atoms with Crippen molar-refractivity contribution >= 4 is 27.8 Å². The minimum absolute atomic E-state index is 0. The van der Waals surface area contributed by atoms with E-state index in [9.17, 15) is 0 Å². The van der Waals surface area contributed by atoms with Crippen LogP contribution in [-0.2, 0) is 29.0 Å². The van der Waals surface area contributed by atoms with E-state index in [1.807, 2.05) is 0 Å². The van der Waals surface area contributed by atoms with Crippen molar-refractivity contribution in [2.75, 3.05) is 0 Å². The summed E-state index contributed by atoms with van der Waals surface area (Å²) in [4.78, 5) is 0. The van der Waals surface area contributed by atoms with Gasteiger partial charge in [0.2, 0.25) is 0 Å². The fourth-order valence-electron chi connectivity index (χ4n) is 3.78. The maximum atomic E-state index is 2.24. The topological polar surface area (TPSA) is 0 Å². The van der Waals surface area contributed by atoms with Crippen molar-refractivity contribution in [1.29, 1.82) is 0 Å². The van der Waals surface area contributed by atoms with E-state index in [4.69, 9.17) is 0 Å². The van der Waals surface area contributed by atoms with Gasteiger partial charge in [-0.05, 0) is 13.8 Å². The van der Waals surface area contributed by atoms with Crippen LogP contribution in [0.15, 0.2) is 91.0 Å². The van der Waals surface area contributed by atoms with Crippen LogP contribution in [0.25, 0.3) is 21.5 Å². The fourth-order valence-corrected chi connectivity index (χ4v) is 6.42. The van der Waals surface area contributed by atoms with E-state index >= 15 is 0 Å². The summed E-state index contributed by atoms with van der Waals surface area (Å²) in [5.41, 5.74) is 6.95. The molecule has 0 aliphatic heterocycles. The molecule has 4 heteroatoms. The first-order valence-corrected chi connectivity index (χ1v) is 17.3. The molecule has 0 bridgehead atoms. The molecule has 0 amide bonds. The van der Waals surface area contributed by atoms with Crippen LogP contribution < -0.4 is 24.8 Å². The van der Waals surface area contributed by atoms with Crippen molar-refractivity contribution < 1.29 is 47.8 Å². The van der Waals surface area contributed by atoms with Gasteiger partial charge in [-0.1, -0.05) is 37.1 Å². The van der Waals surface area contributed by atoms with Crippen LogP contribution in [0.3, 0.4) is 0 Å². The molecule has 5 aromatic rings. The molecule has 0 spiro atoms. The molecule has 0 fully saturated rings. The Balaban J connectivity index is 0.000000242. The van der Waals surface area contributed by atoms with Gasteiger partial charge >= 0.3 is 71.2 Å². The van der Waals surface area contributed by atoms with Gasteiger partial charge in [0.1, 0.15) is 0 Å². The summed E-state index contributed by atoms with van der Waals surface area (Å²) in [5.74, 6) is 0. The van der Waals surface area contributed by atoms with Crippen molar-refractivity contribution in [1.82, 2.24) is 0 Å². The number of benzene rings is 3. The molecule has 0 atom stereocenters. The summed E-state index contributed by atoms with van der Waals surface area (Å²) >= 11 is 1.35. The van der Waals surface area contributed by atoms with Crippen LogP contribution in [0, 0.1) is 27.7 Å². The molecular weight excluding hydrogens is 626 g/mol. The molecule has 5 aromatic carbocycles. The van der Waals surface area contributed by atoms with Gasteiger partial charge in [-0.25, -0.2) is 0 Å². The Bertz CT molecular complexity index is 1190. The SMILES string of the molecule is Cc1cc2c(C)cccc2[cH-]1.Cc1cc2c(C)cccc2[cH-]1.[Cl-].[Cl-].[Hf+2]=[Si]Cc1ccccc1. The van der Waals surface area contributed by atoms with Gasteiger partial charge < -0.3 is 24.8 Å². The molecule has 0 saturated heterocycles. The van der Waals surface area contributed by atoms with Gasteiger partial charge in [-0.3, -0.25) is 0 Å². The minimum atomic E-state index is 0. The molecule has 1 radical (unpaired) electrons. The van der Waals surface area contributed by atoms with Crippen molar-refractivity contribution in [2.24, 2.45) is 0 Å². The van der Waals surface area contributed by atoms with Gasteiger partial charge in [0.25, 0.3) is 0 Å². The molecule has 0 heterocycles. The first-order valence-electron chi connectivity index (χ1n) is 10.7. The zero-order valence-corrected chi connectivity index (χ0v) is 25.7. The van der Waals surface area contributed by atoms with Crippen molar-refractivity contribution in [3.8, 4) is 0 Å². The van der Waals surface area contributed by atoms with Gasteiger partial charge in [0.15, 0.2) is 0 Å². The fraction of sp³-hybridized carbons (Fsp3) is 0.172. The van der Waals surface area contributed by atoms with E-state index in [1.165, 1.54) is 84.6 Å². The number of hydrogen-bond acceptors (Lipinski definition) is 0. The van der Waals surface area contributed by atoms with Crippen molar-refractivity contribution in [3.63, 3.8) is 0 Å².